The molecule has 2 N–H and O–H groups in total. The lowest BCUT2D eigenvalue weighted by atomic mass is 10.1. The summed E-state index contributed by atoms with van der Waals surface area (Å²) in [5.41, 5.74) is 1.71. The Bertz CT molecular complexity index is 680. The van der Waals surface area contributed by atoms with Gasteiger partial charge in [0.05, 0.1) is 6.42 Å². The van der Waals surface area contributed by atoms with Crippen molar-refractivity contribution in [3.63, 3.8) is 0 Å². The largest absolute Gasteiger partial charge is 0.355 e. The summed E-state index contributed by atoms with van der Waals surface area (Å²) in [7, 11) is 1.56. The number of carbonyl (C=O) groups excluding carboxylic acids is 2. The molecule has 2 aromatic carbocycles. The van der Waals surface area contributed by atoms with Crippen LogP contribution in [0.2, 0.25) is 10.0 Å². The first-order valence-corrected chi connectivity index (χ1v) is 7.31. The Morgan fingerprint density at radius 2 is 1.59 bits per heavy atom. The molecule has 0 fully saturated rings. The van der Waals surface area contributed by atoms with Crippen molar-refractivity contribution >= 4 is 40.7 Å². The molecule has 0 aliphatic carbocycles. The van der Waals surface area contributed by atoms with Gasteiger partial charge in [-0.1, -0.05) is 29.3 Å². The zero-order chi connectivity index (χ0) is 16.1. The zero-order valence-corrected chi connectivity index (χ0v) is 13.3. The van der Waals surface area contributed by atoms with Crippen LogP contribution in [-0.2, 0) is 11.2 Å². The molecule has 0 spiro atoms. The van der Waals surface area contributed by atoms with E-state index < -0.39 is 0 Å². The maximum atomic E-state index is 12.1. The quantitative estimate of drug-likeness (QED) is 0.897. The minimum atomic E-state index is -0.234. The first-order chi connectivity index (χ1) is 10.5. The fourth-order valence-electron chi connectivity index (χ4n) is 1.92. The lowest BCUT2D eigenvalue weighted by molar-refractivity contribution is -0.115. The predicted molar refractivity (Wildman–Crippen MR) is 88.6 cm³/mol. The van der Waals surface area contributed by atoms with E-state index in [2.05, 4.69) is 10.6 Å². The van der Waals surface area contributed by atoms with Gasteiger partial charge in [-0.05, 0) is 42.0 Å². The van der Waals surface area contributed by atoms with Gasteiger partial charge in [-0.3, -0.25) is 9.59 Å². The first-order valence-electron chi connectivity index (χ1n) is 6.56. The van der Waals surface area contributed by atoms with E-state index in [1.165, 1.54) is 0 Å². The summed E-state index contributed by atoms with van der Waals surface area (Å²) >= 11 is 12.1. The van der Waals surface area contributed by atoms with Crippen LogP contribution in [0.15, 0.2) is 42.5 Å². The average molecular weight is 337 g/mol. The normalized spacial score (nSPS) is 10.1. The van der Waals surface area contributed by atoms with Crippen LogP contribution in [-0.4, -0.2) is 18.9 Å². The number of halogens is 2. The number of hydrogen-bond acceptors (Lipinski definition) is 2. The summed E-state index contributed by atoms with van der Waals surface area (Å²) in [5.74, 6) is -0.414. The second kappa shape index (κ2) is 7.29. The number of hydrogen-bond donors (Lipinski definition) is 2. The van der Waals surface area contributed by atoms with Gasteiger partial charge in [-0.15, -0.1) is 0 Å². The third kappa shape index (κ3) is 4.00. The molecule has 0 aliphatic heterocycles. The molecular formula is C16H14Cl2N2O2. The van der Waals surface area contributed by atoms with Crippen molar-refractivity contribution in [3.8, 4) is 0 Å². The highest BCUT2D eigenvalue weighted by Crippen LogP contribution is 2.25. The van der Waals surface area contributed by atoms with Crippen LogP contribution in [0.25, 0.3) is 0 Å². The monoisotopic (exact) mass is 336 g/mol. The number of rotatable bonds is 4. The van der Waals surface area contributed by atoms with Gasteiger partial charge in [0.25, 0.3) is 5.91 Å². The van der Waals surface area contributed by atoms with Crippen LogP contribution in [0.5, 0.6) is 0 Å². The molecule has 6 heteroatoms. The molecule has 0 bridgehead atoms. The summed E-state index contributed by atoms with van der Waals surface area (Å²) in [4.78, 5) is 23.5. The number of nitrogens with one attached hydrogen (secondary N) is 2. The van der Waals surface area contributed by atoms with E-state index in [4.69, 9.17) is 23.2 Å². The standard InChI is InChI=1S/C16H14Cl2N2O2/c1-19-16(22)10-5-7-11(8-6-10)20-15(21)9-12-13(17)3-2-4-14(12)18/h2-8H,9H2,1H3,(H,19,22)(H,20,21). The van der Waals surface area contributed by atoms with Crippen LogP contribution >= 0.6 is 23.2 Å². The smallest absolute Gasteiger partial charge is 0.251 e. The van der Waals surface area contributed by atoms with E-state index in [-0.39, 0.29) is 18.2 Å². The van der Waals surface area contributed by atoms with Crippen molar-refractivity contribution in [2.75, 3.05) is 12.4 Å². The predicted octanol–water partition coefficient (Wildman–Crippen LogP) is 3.53. The van der Waals surface area contributed by atoms with E-state index in [9.17, 15) is 9.59 Å². The highest BCUT2D eigenvalue weighted by Gasteiger charge is 2.11. The highest BCUT2D eigenvalue weighted by molar-refractivity contribution is 6.36. The van der Waals surface area contributed by atoms with Crippen molar-refractivity contribution in [2.24, 2.45) is 0 Å². The molecule has 0 saturated heterocycles. The van der Waals surface area contributed by atoms with Crippen LogP contribution in [0.3, 0.4) is 0 Å². The van der Waals surface area contributed by atoms with Gasteiger partial charge in [-0.2, -0.15) is 0 Å². The summed E-state index contributed by atoms with van der Waals surface area (Å²) < 4.78 is 0. The number of anilines is 1. The summed E-state index contributed by atoms with van der Waals surface area (Å²) in [5, 5.41) is 6.18. The van der Waals surface area contributed by atoms with E-state index in [1.807, 2.05) is 0 Å². The van der Waals surface area contributed by atoms with Crippen LogP contribution < -0.4 is 10.6 Å². The molecule has 0 atom stereocenters. The van der Waals surface area contributed by atoms with Gasteiger partial charge in [0.2, 0.25) is 5.91 Å². The minimum absolute atomic E-state index is 0.0791. The molecule has 2 rings (SSSR count). The lowest BCUT2D eigenvalue weighted by Crippen LogP contribution is -2.18. The number of amides is 2. The van der Waals surface area contributed by atoms with Crippen molar-refractivity contribution in [3.05, 3.63) is 63.6 Å². The molecule has 0 aromatic heterocycles. The Balaban J connectivity index is 2.05. The second-order valence-corrected chi connectivity index (χ2v) is 5.40. The third-order valence-electron chi connectivity index (χ3n) is 3.06. The molecule has 2 aromatic rings. The van der Waals surface area contributed by atoms with Crippen LogP contribution in [0, 0.1) is 0 Å². The highest BCUT2D eigenvalue weighted by atomic mass is 35.5. The van der Waals surface area contributed by atoms with E-state index in [0.717, 1.165) is 0 Å². The van der Waals surface area contributed by atoms with Gasteiger partial charge in [-0.25, -0.2) is 0 Å². The Morgan fingerprint density at radius 1 is 1.00 bits per heavy atom. The lowest BCUT2D eigenvalue weighted by Gasteiger charge is -2.08. The number of benzene rings is 2. The van der Waals surface area contributed by atoms with E-state index in [0.29, 0.717) is 26.9 Å². The Morgan fingerprint density at radius 3 is 2.14 bits per heavy atom. The minimum Gasteiger partial charge on any atom is -0.355 e. The van der Waals surface area contributed by atoms with E-state index >= 15 is 0 Å². The topological polar surface area (TPSA) is 58.2 Å². The van der Waals surface area contributed by atoms with Crippen LogP contribution in [0.1, 0.15) is 15.9 Å². The van der Waals surface area contributed by atoms with Gasteiger partial charge in [0.1, 0.15) is 0 Å². The van der Waals surface area contributed by atoms with Crippen LogP contribution in [0.4, 0.5) is 5.69 Å². The Labute approximate surface area is 138 Å². The summed E-state index contributed by atoms with van der Waals surface area (Å²) in [6.45, 7) is 0. The molecule has 2 amide bonds. The molecule has 0 unspecified atom stereocenters. The van der Waals surface area contributed by atoms with Crippen molar-refractivity contribution in [1.82, 2.24) is 5.32 Å². The van der Waals surface area contributed by atoms with Gasteiger partial charge in [0.15, 0.2) is 0 Å². The average Bonchev–Trinajstić information content (AvgIpc) is 2.51. The molecule has 0 saturated carbocycles. The van der Waals surface area contributed by atoms with Crippen molar-refractivity contribution in [2.45, 2.75) is 6.42 Å². The van der Waals surface area contributed by atoms with Crippen molar-refractivity contribution < 1.29 is 9.59 Å². The fraction of sp³-hybridized carbons (Fsp3) is 0.125. The number of carbonyl (C=O) groups is 2. The summed E-state index contributed by atoms with van der Waals surface area (Å²) in [6, 6.07) is 11.7. The summed E-state index contributed by atoms with van der Waals surface area (Å²) in [6.07, 6.45) is 0.0791. The third-order valence-corrected chi connectivity index (χ3v) is 3.77. The molecular weight excluding hydrogens is 323 g/mol. The van der Waals surface area contributed by atoms with Crippen molar-refractivity contribution in [1.29, 1.82) is 0 Å². The Hall–Kier alpha value is -2.04. The fourth-order valence-corrected chi connectivity index (χ4v) is 2.45. The zero-order valence-electron chi connectivity index (χ0n) is 11.8. The van der Waals surface area contributed by atoms with Gasteiger partial charge in [0, 0.05) is 28.3 Å². The second-order valence-electron chi connectivity index (χ2n) is 4.58. The Kier molecular flexibility index (Phi) is 5.41. The molecule has 0 aliphatic rings. The molecule has 114 valence electrons. The van der Waals surface area contributed by atoms with Gasteiger partial charge < -0.3 is 10.6 Å². The molecule has 0 heterocycles. The molecule has 0 radical (unpaired) electrons. The van der Waals surface area contributed by atoms with E-state index in [1.54, 1.807) is 49.5 Å². The maximum Gasteiger partial charge on any atom is 0.251 e. The van der Waals surface area contributed by atoms with Gasteiger partial charge >= 0.3 is 0 Å². The molecule has 22 heavy (non-hydrogen) atoms. The first kappa shape index (κ1) is 16.3. The molecule has 4 nitrogen and oxygen atoms in total. The maximum absolute atomic E-state index is 12.1. The SMILES string of the molecule is CNC(=O)c1ccc(NC(=O)Cc2c(Cl)cccc2Cl)cc1.